The molecule has 0 aromatic carbocycles. The van der Waals surface area contributed by atoms with Gasteiger partial charge in [0, 0.05) is 12.4 Å². The summed E-state index contributed by atoms with van der Waals surface area (Å²) in [5.74, 6) is 0.914. The number of thiol groups is 1. The van der Waals surface area contributed by atoms with Gasteiger partial charge in [0.2, 0.25) is 0 Å². The maximum atomic E-state index is 4.29. The molecule has 2 nitrogen and oxygen atoms in total. The lowest BCUT2D eigenvalue weighted by Crippen LogP contribution is -1.95. The van der Waals surface area contributed by atoms with Gasteiger partial charge in [-0.15, -0.1) is 0 Å². The Morgan fingerprint density at radius 3 is 2.42 bits per heavy atom. The molecule has 0 bridgehead atoms. The SMILES string of the molecule is CCc1cnc(CCCS)cn1. The van der Waals surface area contributed by atoms with E-state index in [2.05, 4.69) is 29.5 Å². The van der Waals surface area contributed by atoms with Gasteiger partial charge in [-0.05, 0) is 25.0 Å². The van der Waals surface area contributed by atoms with Crippen molar-refractivity contribution in [3.05, 3.63) is 23.8 Å². The summed E-state index contributed by atoms with van der Waals surface area (Å²) in [5.41, 5.74) is 2.13. The number of rotatable bonds is 4. The van der Waals surface area contributed by atoms with Crippen LogP contribution in [0.25, 0.3) is 0 Å². The van der Waals surface area contributed by atoms with Crippen molar-refractivity contribution in [3.63, 3.8) is 0 Å². The largest absolute Gasteiger partial charge is 0.258 e. The van der Waals surface area contributed by atoms with Crippen LogP contribution in [0.1, 0.15) is 24.7 Å². The standard InChI is InChI=1S/C9H14N2S/c1-2-8-6-11-9(7-10-8)4-3-5-12/h6-7,12H,2-5H2,1H3. The third kappa shape index (κ3) is 2.81. The topological polar surface area (TPSA) is 25.8 Å². The summed E-state index contributed by atoms with van der Waals surface area (Å²) in [6.07, 6.45) is 6.74. The van der Waals surface area contributed by atoms with Crippen LogP contribution in [0.15, 0.2) is 12.4 Å². The highest BCUT2D eigenvalue weighted by Gasteiger charge is 1.94. The fourth-order valence-corrected chi connectivity index (χ4v) is 1.11. The van der Waals surface area contributed by atoms with E-state index < -0.39 is 0 Å². The van der Waals surface area contributed by atoms with Crippen LogP contribution in [-0.2, 0) is 12.8 Å². The molecule has 0 amide bonds. The van der Waals surface area contributed by atoms with Gasteiger partial charge in [-0.2, -0.15) is 12.6 Å². The summed E-state index contributed by atoms with van der Waals surface area (Å²) in [7, 11) is 0. The van der Waals surface area contributed by atoms with Crippen LogP contribution >= 0.6 is 12.6 Å². The van der Waals surface area contributed by atoms with E-state index in [0.29, 0.717) is 0 Å². The molecule has 0 spiro atoms. The van der Waals surface area contributed by atoms with Crippen LogP contribution in [-0.4, -0.2) is 15.7 Å². The molecule has 0 aliphatic carbocycles. The Bertz CT molecular complexity index is 220. The molecule has 1 heterocycles. The second kappa shape index (κ2) is 5.14. The van der Waals surface area contributed by atoms with Gasteiger partial charge < -0.3 is 0 Å². The maximum absolute atomic E-state index is 4.29. The van der Waals surface area contributed by atoms with E-state index in [1.54, 1.807) is 0 Å². The third-order valence-electron chi connectivity index (χ3n) is 1.71. The van der Waals surface area contributed by atoms with E-state index in [1.165, 1.54) is 0 Å². The molecule has 0 saturated heterocycles. The monoisotopic (exact) mass is 182 g/mol. The minimum absolute atomic E-state index is 0.914. The van der Waals surface area contributed by atoms with E-state index in [4.69, 9.17) is 0 Å². The summed E-state index contributed by atoms with van der Waals surface area (Å²) in [5, 5.41) is 0. The zero-order valence-corrected chi connectivity index (χ0v) is 8.22. The number of hydrogen-bond acceptors (Lipinski definition) is 3. The Hall–Kier alpha value is -0.570. The van der Waals surface area contributed by atoms with Gasteiger partial charge in [-0.1, -0.05) is 6.92 Å². The van der Waals surface area contributed by atoms with Crippen LogP contribution in [0.4, 0.5) is 0 Å². The lowest BCUT2D eigenvalue weighted by molar-refractivity contribution is 0.863. The van der Waals surface area contributed by atoms with Crippen molar-refractivity contribution in [3.8, 4) is 0 Å². The van der Waals surface area contributed by atoms with Crippen molar-refractivity contribution in [2.24, 2.45) is 0 Å². The highest BCUT2D eigenvalue weighted by molar-refractivity contribution is 7.80. The zero-order valence-electron chi connectivity index (χ0n) is 7.32. The molecular weight excluding hydrogens is 168 g/mol. The fraction of sp³-hybridized carbons (Fsp3) is 0.556. The molecule has 0 aliphatic heterocycles. The molecule has 1 aromatic heterocycles. The fourth-order valence-electron chi connectivity index (χ4n) is 0.953. The number of aromatic nitrogens is 2. The van der Waals surface area contributed by atoms with Crippen molar-refractivity contribution in [1.29, 1.82) is 0 Å². The van der Waals surface area contributed by atoms with E-state index in [9.17, 15) is 0 Å². The summed E-state index contributed by atoms with van der Waals surface area (Å²) in [4.78, 5) is 8.55. The Balaban J connectivity index is 2.53. The lowest BCUT2D eigenvalue weighted by Gasteiger charge is -1.98. The molecule has 0 atom stereocenters. The zero-order chi connectivity index (χ0) is 8.81. The average Bonchev–Trinajstić information content (AvgIpc) is 2.15. The normalized spacial score (nSPS) is 10.2. The number of aryl methyl sites for hydroxylation is 2. The summed E-state index contributed by atoms with van der Waals surface area (Å²) in [6.45, 7) is 2.08. The summed E-state index contributed by atoms with van der Waals surface area (Å²) in [6, 6.07) is 0. The molecule has 3 heteroatoms. The molecule has 0 N–H and O–H groups in total. The quantitative estimate of drug-likeness (QED) is 0.720. The molecular formula is C9H14N2S. The van der Waals surface area contributed by atoms with Gasteiger partial charge >= 0.3 is 0 Å². The van der Waals surface area contributed by atoms with Gasteiger partial charge in [0.25, 0.3) is 0 Å². The maximum Gasteiger partial charge on any atom is 0.0587 e. The minimum Gasteiger partial charge on any atom is -0.258 e. The van der Waals surface area contributed by atoms with Crippen molar-refractivity contribution < 1.29 is 0 Å². The van der Waals surface area contributed by atoms with E-state index >= 15 is 0 Å². The van der Waals surface area contributed by atoms with Gasteiger partial charge in [0.1, 0.15) is 0 Å². The first-order valence-corrected chi connectivity index (χ1v) is 4.90. The van der Waals surface area contributed by atoms with Crippen molar-refractivity contribution in [2.75, 3.05) is 5.75 Å². The van der Waals surface area contributed by atoms with Gasteiger partial charge in [0.05, 0.1) is 11.4 Å². The third-order valence-corrected chi connectivity index (χ3v) is 2.03. The lowest BCUT2D eigenvalue weighted by atomic mass is 10.2. The molecule has 1 rings (SSSR count). The predicted molar refractivity (Wildman–Crippen MR) is 53.6 cm³/mol. The molecule has 0 unspecified atom stereocenters. The van der Waals surface area contributed by atoms with E-state index in [1.807, 2.05) is 12.4 Å². The second-order valence-corrected chi connectivity index (χ2v) is 3.13. The average molecular weight is 182 g/mol. The van der Waals surface area contributed by atoms with Crippen molar-refractivity contribution in [2.45, 2.75) is 26.2 Å². The molecule has 12 heavy (non-hydrogen) atoms. The summed E-state index contributed by atoms with van der Waals surface area (Å²) >= 11 is 4.14. The van der Waals surface area contributed by atoms with Gasteiger partial charge in [-0.3, -0.25) is 9.97 Å². The van der Waals surface area contributed by atoms with Crippen LogP contribution < -0.4 is 0 Å². The molecule has 0 radical (unpaired) electrons. The Labute approximate surface area is 78.9 Å². The molecule has 0 fully saturated rings. The van der Waals surface area contributed by atoms with Crippen LogP contribution in [0.5, 0.6) is 0 Å². The highest BCUT2D eigenvalue weighted by Crippen LogP contribution is 2.00. The van der Waals surface area contributed by atoms with Crippen molar-refractivity contribution >= 4 is 12.6 Å². The predicted octanol–water partition coefficient (Wildman–Crippen LogP) is 1.90. The first-order chi connectivity index (χ1) is 5.86. The Kier molecular flexibility index (Phi) is 4.08. The first-order valence-electron chi connectivity index (χ1n) is 4.27. The Morgan fingerprint density at radius 1 is 1.25 bits per heavy atom. The van der Waals surface area contributed by atoms with Crippen LogP contribution in [0.3, 0.4) is 0 Å². The molecule has 0 aliphatic rings. The van der Waals surface area contributed by atoms with Crippen molar-refractivity contribution in [1.82, 2.24) is 9.97 Å². The molecule has 1 aromatic rings. The van der Waals surface area contributed by atoms with Gasteiger partial charge in [0.15, 0.2) is 0 Å². The number of nitrogens with zero attached hydrogens (tertiary/aromatic N) is 2. The Morgan fingerprint density at radius 2 is 1.92 bits per heavy atom. The smallest absolute Gasteiger partial charge is 0.0587 e. The number of hydrogen-bond donors (Lipinski definition) is 1. The van der Waals surface area contributed by atoms with Gasteiger partial charge in [-0.25, -0.2) is 0 Å². The molecule has 0 saturated carbocycles. The van der Waals surface area contributed by atoms with E-state index in [0.717, 1.165) is 36.4 Å². The van der Waals surface area contributed by atoms with Crippen LogP contribution in [0, 0.1) is 0 Å². The first kappa shape index (κ1) is 9.52. The second-order valence-electron chi connectivity index (χ2n) is 2.68. The highest BCUT2D eigenvalue weighted by atomic mass is 32.1. The minimum atomic E-state index is 0.914. The van der Waals surface area contributed by atoms with Crippen LogP contribution in [0.2, 0.25) is 0 Å². The van der Waals surface area contributed by atoms with E-state index in [-0.39, 0.29) is 0 Å². The molecule has 66 valence electrons. The summed E-state index contributed by atoms with van der Waals surface area (Å²) < 4.78 is 0.